The Labute approximate surface area is 124 Å². The van der Waals surface area contributed by atoms with E-state index >= 15 is 0 Å². The van der Waals surface area contributed by atoms with Gasteiger partial charge in [-0.25, -0.2) is 0 Å². The van der Waals surface area contributed by atoms with Crippen LogP contribution in [0.5, 0.6) is 0 Å². The summed E-state index contributed by atoms with van der Waals surface area (Å²) in [6, 6.07) is 2.06. The number of hydrogen-bond acceptors (Lipinski definition) is 4. The van der Waals surface area contributed by atoms with Crippen LogP contribution < -0.4 is 0 Å². The van der Waals surface area contributed by atoms with Gasteiger partial charge in [-0.1, -0.05) is 27.7 Å². The molecule has 0 N–H and O–H groups in total. The van der Waals surface area contributed by atoms with E-state index in [0.717, 1.165) is 6.42 Å². The van der Waals surface area contributed by atoms with Crippen molar-refractivity contribution in [3.8, 4) is 6.07 Å². The Kier molecular flexibility index (Phi) is 7.99. The number of hydrogen-bond donors (Lipinski definition) is 0. The van der Waals surface area contributed by atoms with Crippen LogP contribution in [0, 0.1) is 29.1 Å². The third-order valence-electron chi connectivity index (χ3n) is 4.49. The molecule has 0 saturated carbocycles. The SMILES string of the molecule is CCC1OC(COP(C)OCCC#N)C(C)C(C)C1C. The summed E-state index contributed by atoms with van der Waals surface area (Å²) < 4.78 is 17.4. The topological polar surface area (TPSA) is 51.5 Å². The lowest BCUT2D eigenvalue weighted by atomic mass is 9.76. The van der Waals surface area contributed by atoms with Crippen molar-refractivity contribution in [1.82, 2.24) is 0 Å². The summed E-state index contributed by atoms with van der Waals surface area (Å²) in [6.07, 6.45) is 1.95. The first-order valence-corrected chi connectivity index (χ1v) is 9.15. The lowest BCUT2D eigenvalue weighted by Crippen LogP contribution is -2.46. The molecule has 0 aromatic rings. The van der Waals surface area contributed by atoms with E-state index < -0.39 is 8.38 Å². The minimum Gasteiger partial charge on any atom is -0.372 e. The van der Waals surface area contributed by atoms with E-state index in [1.807, 2.05) is 6.66 Å². The van der Waals surface area contributed by atoms with Crippen LogP contribution in [0.4, 0.5) is 0 Å². The average Bonchev–Trinajstić information content (AvgIpc) is 2.44. The second-order valence-electron chi connectivity index (χ2n) is 5.68. The van der Waals surface area contributed by atoms with Crippen LogP contribution in [0.1, 0.15) is 40.5 Å². The van der Waals surface area contributed by atoms with Gasteiger partial charge in [0.25, 0.3) is 0 Å². The Morgan fingerprint density at radius 3 is 2.35 bits per heavy atom. The number of rotatable bonds is 7. The summed E-state index contributed by atoms with van der Waals surface area (Å²) in [6.45, 7) is 12.0. The predicted octanol–water partition coefficient (Wildman–Crippen LogP) is 3.96. The number of ether oxygens (including phenoxy) is 1. The molecule has 0 spiro atoms. The average molecular weight is 301 g/mol. The van der Waals surface area contributed by atoms with E-state index in [1.54, 1.807) is 0 Å². The highest BCUT2D eigenvalue weighted by atomic mass is 31.2. The summed E-state index contributed by atoms with van der Waals surface area (Å²) in [5.74, 6) is 1.74. The minimum absolute atomic E-state index is 0.149. The van der Waals surface area contributed by atoms with Crippen molar-refractivity contribution in [2.24, 2.45) is 17.8 Å². The summed E-state index contributed by atoms with van der Waals surface area (Å²) in [5.41, 5.74) is 0. The first kappa shape index (κ1) is 17.9. The van der Waals surface area contributed by atoms with E-state index in [2.05, 4.69) is 33.8 Å². The van der Waals surface area contributed by atoms with Gasteiger partial charge < -0.3 is 13.8 Å². The molecule has 1 aliphatic heterocycles. The van der Waals surface area contributed by atoms with Crippen LogP contribution in [-0.4, -0.2) is 32.1 Å². The van der Waals surface area contributed by atoms with Gasteiger partial charge in [0, 0.05) is 6.66 Å². The normalized spacial score (nSPS) is 35.5. The molecule has 6 atom stereocenters. The second kappa shape index (κ2) is 8.95. The molecule has 0 radical (unpaired) electrons. The van der Waals surface area contributed by atoms with Crippen LogP contribution in [0.15, 0.2) is 0 Å². The van der Waals surface area contributed by atoms with Gasteiger partial charge >= 0.3 is 0 Å². The fourth-order valence-electron chi connectivity index (χ4n) is 2.72. The first-order chi connectivity index (χ1) is 9.51. The van der Waals surface area contributed by atoms with Crippen LogP contribution in [0.25, 0.3) is 0 Å². The lowest BCUT2D eigenvalue weighted by molar-refractivity contribution is -0.144. The Balaban J connectivity index is 2.40. The highest BCUT2D eigenvalue weighted by molar-refractivity contribution is 7.46. The maximum Gasteiger partial charge on any atom is 0.167 e. The smallest absolute Gasteiger partial charge is 0.167 e. The third-order valence-corrected chi connectivity index (χ3v) is 5.55. The molecule has 0 amide bonds. The van der Waals surface area contributed by atoms with Crippen molar-refractivity contribution in [2.45, 2.75) is 52.7 Å². The number of nitrogens with zero attached hydrogens (tertiary/aromatic N) is 1. The summed E-state index contributed by atoms with van der Waals surface area (Å²) >= 11 is 0. The second-order valence-corrected chi connectivity index (χ2v) is 7.07. The van der Waals surface area contributed by atoms with E-state index in [4.69, 9.17) is 19.0 Å². The van der Waals surface area contributed by atoms with Crippen LogP contribution in [0.3, 0.4) is 0 Å². The van der Waals surface area contributed by atoms with Crippen molar-refractivity contribution < 1.29 is 13.8 Å². The molecular formula is C15H28NO3P. The van der Waals surface area contributed by atoms with Crippen molar-refractivity contribution in [3.05, 3.63) is 0 Å². The largest absolute Gasteiger partial charge is 0.372 e. The summed E-state index contributed by atoms with van der Waals surface area (Å²) in [4.78, 5) is 0. The quantitative estimate of drug-likeness (QED) is 0.527. The van der Waals surface area contributed by atoms with Gasteiger partial charge in [0.2, 0.25) is 0 Å². The van der Waals surface area contributed by atoms with Crippen molar-refractivity contribution in [1.29, 1.82) is 5.26 Å². The van der Waals surface area contributed by atoms with Crippen LogP contribution in [0.2, 0.25) is 0 Å². The van der Waals surface area contributed by atoms with Gasteiger partial charge in [0.05, 0.1) is 37.9 Å². The van der Waals surface area contributed by atoms with Gasteiger partial charge in [-0.2, -0.15) is 5.26 Å². The summed E-state index contributed by atoms with van der Waals surface area (Å²) in [7, 11) is -0.911. The fraction of sp³-hybridized carbons (Fsp3) is 0.933. The maximum absolute atomic E-state index is 8.47. The molecule has 20 heavy (non-hydrogen) atoms. The Morgan fingerprint density at radius 1 is 1.10 bits per heavy atom. The zero-order chi connectivity index (χ0) is 15.1. The molecular weight excluding hydrogens is 273 g/mol. The Bertz CT molecular complexity index is 319. The van der Waals surface area contributed by atoms with Crippen molar-refractivity contribution >= 4 is 8.38 Å². The summed E-state index contributed by atoms with van der Waals surface area (Å²) in [5, 5.41) is 8.47. The van der Waals surface area contributed by atoms with E-state index in [0.29, 0.717) is 43.5 Å². The van der Waals surface area contributed by atoms with E-state index in [9.17, 15) is 0 Å². The zero-order valence-corrected chi connectivity index (χ0v) is 14.2. The van der Waals surface area contributed by atoms with Crippen LogP contribution in [-0.2, 0) is 13.8 Å². The number of nitriles is 1. The molecule has 1 aliphatic rings. The molecule has 5 heteroatoms. The molecule has 4 nitrogen and oxygen atoms in total. The molecule has 1 heterocycles. The van der Waals surface area contributed by atoms with Gasteiger partial charge in [-0.3, -0.25) is 0 Å². The highest BCUT2D eigenvalue weighted by Gasteiger charge is 2.38. The monoisotopic (exact) mass is 301 g/mol. The molecule has 1 fully saturated rings. The molecule has 0 aromatic heterocycles. The van der Waals surface area contributed by atoms with Crippen molar-refractivity contribution in [3.63, 3.8) is 0 Å². The van der Waals surface area contributed by atoms with Gasteiger partial charge in [-0.15, -0.1) is 0 Å². The standard InChI is InChI=1S/C15H28NO3P/c1-6-14-12(3)11(2)13(4)15(19-14)10-18-20(5)17-9-7-8-16/h11-15H,6-7,9-10H2,1-5H3. The van der Waals surface area contributed by atoms with Crippen molar-refractivity contribution in [2.75, 3.05) is 19.9 Å². The Hall–Kier alpha value is -0.200. The third kappa shape index (κ3) is 4.97. The molecule has 0 aromatic carbocycles. The highest BCUT2D eigenvalue weighted by Crippen LogP contribution is 2.39. The zero-order valence-electron chi connectivity index (χ0n) is 13.3. The minimum atomic E-state index is -0.911. The molecule has 116 valence electrons. The molecule has 6 unspecified atom stereocenters. The van der Waals surface area contributed by atoms with Gasteiger partial charge in [-0.05, 0) is 24.2 Å². The van der Waals surface area contributed by atoms with E-state index in [1.165, 1.54) is 0 Å². The lowest BCUT2D eigenvalue weighted by Gasteiger charge is -2.43. The molecule has 1 rings (SSSR count). The Morgan fingerprint density at radius 2 is 1.75 bits per heavy atom. The predicted molar refractivity (Wildman–Crippen MR) is 81.4 cm³/mol. The van der Waals surface area contributed by atoms with Gasteiger partial charge in [0.15, 0.2) is 8.38 Å². The first-order valence-electron chi connectivity index (χ1n) is 7.53. The molecule has 1 saturated heterocycles. The molecule has 0 bridgehead atoms. The van der Waals surface area contributed by atoms with E-state index in [-0.39, 0.29) is 6.10 Å². The van der Waals surface area contributed by atoms with Crippen LogP contribution >= 0.6 is 8.38 Å². The molecule has 0 aliphatic carbocycles. The maximum atomic E-state index is 8.47. The van der Waals surface area contributed by atoms with Gasteiger partial charge in [0.1, 0.15) is 0 Å². The fourth-order valence-corrected chi connectivity index (χ4v) is 3.50.